The number of ether oxygens (including phenoxy) is 2. The lowest BCUT2D eigenvalue weighted by Gasteiger charge is -2.06. The van der Waals surface area contributed by atoms with E-state index in [1.807, 2.05) is 42.5 Å². The van der Waals surface area contributed by atoms with Gasteiger partial charge < -0.3 is 14.8 Å². The van der Waals surface area contributed by atoms with Crippen molar-refractivity contribution in [2.45, 2.75) is 19.8 Å². The van der Waals surface area contributed by atoms with Crippen molar-refractivity contribution < 1.29 is 23.0 Å². The Kier molecular flexibility index (Phi) is 7.49. The highest BCUT2D eigenvalue weighted by atomic mass is 19.3. The van der Waals surface area contributed by atoms with Crippen LogP contribution in [0.4, 0.5) is 8.78 Å². The Morgan fingerprint density at radius 1 is 1.00 bits per heavy atom. The Labute approximate surface area is 173 Å². The summed E-state index contributed by atoms with van der Waals surface area (Å²) in [5, 5.41) is 2.73. The lowest BCUT2D eigenvalue weighted by atomic mass is 10.2. The molecule has 0 fully saturated rings. The lowest BCUT2D eigenvalue weighted by Crippen LogP contribution is -2.20. The van der Waals surface area contributed by atoms with Crippen molar-refractivity contribution in [2.24, 2.45) is 0 Å². The zero-order chi connectivity index (χ0) is 21.2. The van der Waals surface area contributed by atoms with Crippen molar-refractivity contribution in [3.05, 3.63) is 95.8 Å². The summed E-state index contributed by atoms with van der Waals surface area (Å²) in [4.78, 5) is 16.2. The summed E-state index contributed by atoms with van der Waals surface area (Å²) < 4.78 is 34.2. The van der Waals surface area contributed by atoms with E-state index in [1.165, 1.54) is 18.2 Å². The van der Waals surface area contributed by atoms with Gasteiger partial charge in [-0.1, -0.05) is 30.3 Å². The van der Waals surface area contributed by atoms with Gasteiger partial charge in [-0.25, -0.2) is 0 Å². The van der Waals surface area contributed by atoms with Gasteiger partial charge in [-0.15, -0.1) is 0 Å². The first kappa shape index (κ1) is 21.0. The summed E-state index contributed by atoms with van der Waals surface area (Å²) in [6.45, 7) is -2.20. The number of alkyl halides is 2. The molecular weight excluding hydrogens is 390 g/mol. The van der Waals surface area contributed by atoms with Crippen LogP contribution in [0.2, 0.25) is 0 Å². The fourth-order valence-corrected chi connectivity index (χ4v) is 2.52. The van der Waals surface area contributed by atoms with Crippen molar-refractivity contribution in [3.63, 3.8) is 0 Å². The minimum absolute atomic E-state index is 0.0763. The van der Waals surface area contributed by atoms with Crippen molar-refractivity contribution in [2.75, 3.05) is 0 Å². The molecule has 3 rings (SSSR count). The number of carbonyl (C=O) groups excluding carboxylic acids is 1. The third-order valence-corrected chi connectivity index (χ3v) is 4.04. The molecule has 0 atom stereocenters. The lowest BCUT2D eigenvalue weighted by molar-refractivity contribution is -0.116. The van der Waals surface area contributed by atoms with E-state index in [4.69, 9.17) is 4.74 Å². The van der Waals surface area contributed by atoms with Gasteiger partial charge in [-0.2, -0.15) is 8.78 Å². The number of nitrogens with zero attached hydrogens (tertiary/aromatic N) is 1. The molecule has 1 N–H and O–H groups in total. The number of carbonyl (C=O) groups is 1. The zero-order valence-corrected chi connectivity index (χ0v) is 16.0. The van der Waals surface area contributed by atoms with Crippen molar-refractivity contribution in [1.29, 1.82) is 0 Å². The van der Waals surface area contributed by atoms with Crippen LogP contribution in [-0.2, 0) is 17.9 Å². The summed E-state index contributed by atoms with van der Waals surface area (Å²) in [6, 6.07) is 19.1. The van der Waals surface area contributed by atoms with Gasteiger partial charge >= 0.3 is 6.61 Å². The van der Waals surface area contributed by atoms with Crippen LogP contribution in [0.1, 0.15) is 16.8 Å². The molecule has 0 saturated heterocycles. The van der Waals surface area contributed by atoms with Crippen LogP contribution in [0.5, 0.6) is 11.5 Å². The van der Waals surface area contributed by atoms with Crippen LogP contribution >= 0.6 is 0 Å². The predicted molar refractivity (Wildman–Crippen MR) is 109 cm³/mol. The van der Waals surface area contributed by atoms with E-state index >= 15 is 0 Å². The number of hydrogen-bond donors (Lipinski definition) is 1. The molecule has 0 saturated carbocycles. The average Bonchev–Trinajstić information content (AvgIpc) is 2.77. The van der Waals surface area contributed by atoms with E-state index in [2.05, 4.69) is 15.0 Å². The van der Waals surface area contributed by atoms with Crippen LogP contribution in [0.25, 0.3) is 6.08 Å². The Morgan fingerprint density at radius 2 is 1.73 bits per heavy atom. The van der Waals surface area contributed by atoms with Gasteiger partial charge in [0.1, 0.15) is 18.1 Å². The summed E-state index contributed by atoms with van der Waals surface area (Å²) in [5.74, 6) is 0.521. The van der Waals surface area contributed by atoms with Gasteiger partial charge in [0.15, 0.2) is 0 Å². The Hall–Kier alpha value is -3.74. The maximum absolute atomic E-state index is 12.1. The van der Waals surface area contributed by atoms with Crippen LogP contribution in [0.15, 0.2) is 79.0 Å². The third-order valence-electron chi connectivity index (χ3n) is 4.04. The van der Waals surface area contributed by atoms with Crippen molar-refractivity contribution in [1.82, 2.24) is 10.3 Å². The molecule has 0 spiro atoms. The number of aromatic nitrogens is 1. The van der Waals surface area contributed by atoms with Gasteiger partial charge in [-0.05, 0) is 53.6 Å². The standard InChI is InChI=1S/C23H20F2N2O3/c24-23(25)30-21-11-6-18(7-12-21)15-27-22(28)13-8-17-4-9-20(10-5-17)29-16-19-3-1-2-14-26-19/h1-14,23H,15-16H2,(H,27,28)/b13-8+. The molecule has 0 aliphatic rings. The Morgan fingerprint density at radius 3 is 2.40 bits per heavy atom. The minimum Gasteiger partial charge on any atom is -0.487 e. The predicted octanol–water partition coefficient (Wildman–Crippen LogP) is 4.59. The number of rotatable bonds is 9. The average molecular weight is 410 g/mol. The van der Waals surface area contributed by atoms with E-state index < -0.39 is 6.61 Å². The number of benzene rings is 2. The largest absolute Gasteiger partial charge is 0.487 e. The fraction of sp³-hybridized carbons (Fsp3) is 0.130. The monoisotopic (exact) mass is 410 g/mol. The first-order valence-electron chi connectivity index (χ1n) is 9.21. The maximum atomic E-state index is 12.1. The van der Waals surface area contributed by atoms with Gasteiger partial charge in [0.2, 0.25) is 5.91 Å². The summed E-state index contributed by atoms with van der Waals surface area (Å²) in [7, 11) is 0. The topological polar surface area (TPSA) is 60.5 Å². The molecule has 7 heteroatoms. The summed E-state index contributed by atoms with van der Waals surface area (Å²) in [5.41, 5.74) is 2.46. The molecule has 1 aromatic heterocycles. The van der Waals surface area contributed by atoms with Crippen LogP contribution in [0, 0.1) is 0 Å². The fourth-order valence-electron chi connectivity index (χ4n) is 2.52. The molecule has 2 aromatic carbocycles. The molecule has 154 valence electrons. The van der Waals surface area contributed by atoms with Gasteiger partial charge in [0, 0.05) is 18.8 Å². The van der Waals surface area contributed by atoms with E-state index in [0.29, 0.717) is 12.4 Å². The quantitative estimate of drug-likeness (QED) is 0.524. The van der Waals surface area contributed by atoms with Gasteiger partial charge in [0.25, 0.3) is 0 Å². The molecule has 0 bridgehead atoms. The number of halogens is 2. The van der Waals surface area contributed by atoms with Crippen LogP contribution < -0.4 is 14.8 Å². The smallest absolute Gasteiger partial charge is 0.387 e. The Balaban J connectivity index is 1.44. The molecule has 0 unspecified atom stereocenters. The minimum atomic E-state index is -2.86. The second kappa shape index (κ2) is 10.7. The maximum Gasteiger partial charge on any atom is 0.387 e. The number of hydrogen-bond acceptors (Lipinski definition) is 4. The normalized spacial score (nSPS) is 10.9. The van der Waals surface area contributed by atoms with E-state index in [1.54, 1.807) is 24.4 Å². The SMILES string of the molecule is O=C(/C=C/c1ccc(OCc2ccccn2)cc1)NCc1ccc(OC(F)F)cc1. The van der Waals surface area contributed by atoms with Gasteiger partial charge in [-0.3, -0.25) is 9.78 Å². The highest BCUT2D eigenvalue weighted by Crippen LogP contribution is 2.16. The molecule has 30 heavy (non-hydrogen) atoms. The van der Waals surface area contributed by atoms with Crippen LogP contribution in [-0.4, -0.2) is 17.5 Å². The number of pyridine rings is 1. The molecule has 3 aromatic rings. The number of nitrogens with one attached hydrogen (secondary N) is 1. The second-order valence-corrected chi connectivity index (χ2v) is 6.25. The summed E-state index contributed by atoms with van der Waals surface area (Å²) in [6.07, 6.45) is 4.84. The molecule has 1 amide bonds. The van der Waals surface area contributed by atoms with Crippen molar-refractivity contribution in [3.8, 4) is 11.5 Å². The molecular formula is C23H20F2N2O3. The van der Waals surface area contributed by atoms with Gasteiger partial charge in [0.05, 0.1) is 5.69 Å². The van der Waals surface area contributed by atoms with E-state index in [0.717, 1.165) is 16.8 Å². The molecule has 0 aliphatic heterocycles. The van der Waals surface area contributed by atoms with E-state index in [9.17, 15) is 13.6 Å². The third kappa shape index (κ3) is 7.01. The highest BCUT2D eigenvalue weighted by Gasteiger charge is 2.04. The molecule has 5 nitrogen and oxygen atoms in total. The number of amides is 1. The molecule has 0 radical (unpaired) electrons. The summed E-state index contributed by atoms with van der Waals surface area (Å²) >= 11 is 0. The first-order valence-corrected chi connectivity index (χ1v) is 9.21. The Bertz CT molecular complexity index is 960. The first-order chi connectivity index (χ1) is 14.6. The zero-order valence-electron chi connectivity index (χ0n) is 16.0. The van der Waals surface area contributed by atoms with Crippen LogP contribution in [0.3, 0.4) is 0 Å². The molecule has 1 heterocycles. The molecule has 0 aliphatic carbocycles. The van der Waals surface area contributed by atoms with E-state index in [-0.39, 0.29) is 18.2 Å². The van der Waals surface area contributed by atoms with Crippen molar-refractivity contribution >= 4 is 12.0 Å². The highest BCUT2D eigenvalue weighted by molar-refractivity contribution is 5.91. The second-order valence-electron chi connectivity index (χ2n) is 6.25.